The Hall–Kier alpha value is -2.36. The van der Waals surface area contributed by atoms with Crippen LogP contribution in [0.4, 0.5) is 15.8 Å². The zero-order valence-electron chi connectivity index (χ0n) is 9.91. The molecule has 0 saturated carbocycles. The molecule has 92 valence electrons. The van der Waals surface area contributed by atoms with Gasteiger partial charge in [0.15, 0.2) is 0 Å². The molecule has 2 aromatic rings. The quantitative estimate of drug-likeness (QED) is 0.871. The second-order valence-electron chi connectivity index (χ2n) is 3.73. The summed E-state index contributed by atoms with van der Waals surface area (Å²) in [5.41, 5.74) is 1.15. The summed E-state index contributed by atoms with van der Waals surface area (Å²) in [5, 5.41) is 5.41. The maximum Gasteiger partial charge on any atom is 0.257 e. The molecule has 2 rings (SSSR count). The van der Waals surface area contributed by atoms with Gasteiger partial charge >= 0.3 is 0 Å². The maximum absolute atomic E-state index is 13.5. The van der Waals surface area contributed by atoms with E-state index in [0.29, 0.717) is 5.69 Å². The van der Waals surface area contributed by atoms with Crippen LogP contribution in [-0.4, -0.2) is 13.0 Å². The topological polar surface area (TPSA) is 41.1 Å². The predicted molar refractivity (Wildman–Crippen MR) is 70.3 cm³/mol. The molecular weight excluding hydrogens is 231 g/mol. The fourth-order valence-electron chi connectivity index (χ4n) is 1.69. The van der Waals surface area contributed by atoms with Crippen molar-refractivity contribution in [3.63, 3.8) is 0 Å². The van der Waals surface area contributed by atoms with E-state index in [2.05, 4.69) is 10.6 Å². The molecular formula is C14H13FN2O. The highest BCUT2D eigenvalue weighted by atomic mass is 19.1. The maximum atomic E-state index is 13.5. The number of benzene rings is 2. The van der Waals surface area contributed by atoms with E-state index in [1.54, 1.807) is 25.2 Å². The van der Waals surface area contributed by atoms with Crippen LogP contribution >= 0.6 is 0 Å². The number of carbonyl (C=O) groups is 1. The number of anilines is 2. The molecule has 0 aromatic heterocycles. The fourth-order valence-corrected chi connectivity index (χ4v) is 1.69. The Balaban J connectivity index is 2.27. The van der Waals surface area contributed by atoms with Crippen LogP contribution in [0, 0.1) is 5.82 Å². The largest absolute Gasteiger partial charge is 0.385 e. The lowest BCUT2D eigenvalue weighted by Gasteiger charge is -2.10. The number of hydrogen-bond donors (Lipinski definition) is 2. The Morgan fingerprint density at radius 3 is 2.44 bits per heavy atom. The van der Waals surface area contributed by atoms with Crippen LogP contribution in [0.15, 0.2) is 48.5 Å². The Morgan fingerprint density at radius 2 is 1.78 bits per heavy atom. The van der Waals surface area contributed by atoms with Crippen LogP contribution < -0.4 is 10.6 Å². The second-order valence-corrected chi connectivity index (χ2v) is 3.73. The zero-order chi connectivity index (χ0) is 13.0. The van der Waals surface area contributed by atoms with Crippen LogP contribution in [0.25, 0.3) is 0 Å². The normalized spacial score (nSPS) is 9.89. The SMILES string of the molecule is CNc1c(F)cccc1C(=O)Nc1ccccc1. The van der Waals surface area contributed by atoms with E-state index < -0.39 is 5.82 Å². The molecule has 0 bridgehead atoms. The van der Waals surface area contributed by atoms with Crippen molar-refractivity contribution in [3.05, 3.63) is 59.9 Å². The van der Waals surface area contributed by atoms with Crippen LogP contribution in [0.5, 0.6) is 0 Å². The number of hydrogen-bond acceptors (Lipinski definition) is 2. The fraction of sp³-hybridized carbons (Fsp3) is 0.0714. The Bertz CT molecular complexity index is 555. The summed E-state index contributed by atoms with van der Waals surface area (Å²) in [6, 6.07) is 13.4. The molecule has 0 atom stereocenters. The lowest BCUT2D eigenvalue weighted by Crippen LogP contribution is -2.14. The second kappa shape index (κ2) is 5.31. The molecule has 3 nitrogen and oxygen atoms in total. The molecule has 0 unspecified atom stereocenters. The van der Waals surface area contributed by atoms with Crippen molar-refractivity contribution in [2.45, 2.75) is 0 Å². The molecule has 0 aliphatic heterocycles. The minimum Gasteiger partial charge on any atom is -0.385 e. The lowest BCUT2D eigenvalue weighted by atomic mass is 10.1. The number of halogens is 1. The van der Waals surface area contributed by atoms with Gasteiger partial charge in [-0.15, -0.1) is 0 Å². The van der Waals surface area contributed by atoms with Crippen molar-refractivity contribution in [2.75, 3.05) is 17.7 Å². The van der Waals surface area contributed by atoms with Gasteiger partial charge in [0.25, 0.3) is 5.91 Å². The highest BCUT2D eigenvalue weighted by Crippen LogP contribution is 2.20. The van der Waals surface area contributed by atoms with Gasteiger partial charge in [-0.1, -0.05) is 24.3 Å². The van der Waals surface area contributed by atoms with Gasteiger partial charge in [0.2, 0.25) is 0 Å². The number of rotatable bonds is 3. The summed E-state index contributed by atoms with van der Waals surface area (Å²) >= 11 is 0. The standard InChI is InChI=1S/C14H13FN2O/c1-16-13-11(8-5-9-12(13)15)14(18)17-10-6-3-2-4-7-10/h2-9,16H,1H3,(H,17,18). The lowest BCUT2D eigenvalue weighted by molar-refractivity contribution is 0.102. The molecule has 0 fully saturated rings. The molecule has 2 aromatic carbocycles. The van der Waals surface area contributed by atoms with E-state index in [1.807, 2.05) is 18.2 Å². The molecule has 0 saturated heterocycles. The van der Waals surface area contributed by atoms with Gasteiger partial charge in [-0.2, -0.15) is 0 Å². The third-order valence-electron chi connectivity index (χ3n) is 2.54. The third kappa shape index (κ3) is 2.48. The monoisotopic (exact) mass is 244 g/mol. The Labute approximate surface area is 105 Å². The minimum atomic E-state index is -0.446. The molecule has 0 aliphatic rings. The van der Waals surface area contributed by atoms with Gasteiger partial charge in [-0.25, -0.2) is 4.39 Å². The van der Waals surface area contributed by atoms with Crippen LogP contribution in [-0.2, 0) is 0 Å². The van der Waals surface area contributed by atoms with E-state index >= 15 is 0 Å². The number of carbonyl (C=O) groups excluding carboxylic acids is 1. The van der Waals surface area contributed by atoms with E-state index in [1.165, 1.54) is 12.1 Å². The van der Waals surface area contributed by atoms with E-state index in [4.69, 9.17) is 0 Å². The third-order valence-corrected chi connectivity index (χ3v) is 2.54. The number of nitrogens with one attached hydrogen (secondary N) is 2. The zero-order valence-corrected chi connectivity index (χ0v) is 9.91. The van der Waals surface area contributed by atoms with Crippen molar-refractivity contribution in [3.8, 4) is 0 Å². The molecule has 4 heteroatoms. The molecule has 2 N–H and O–H groups in total. The van der Waals surface area contributed by atoms with Gasteiger partial charge in [0.1, 0.15) is 5.82 Å². The summed E-state index contributed by atoms with van der Waals surface area (Å²) in [6.45, 7) is 0. The first-order chi connectivity index (χ1) is 8.72. The van der Waals surface area contributed by atoms with Crippen LogP contribution in [0.1, 0.15) is 10.4 Å². The van der Waals surface area contributed by atoms with Crippen molar-refractivity contribution < 1.29 is 9.18 Å². The van der Waals surface area contributed by atoms with Gasteiger partial charge in [0.05, 0.1) is 11.3 Å². The van der Waals surface area contributed by atoms with Gasteiger partial charge in [-0.05, 0) is 24.3 Å². The Kier molecular flexibility index (Phi) is 3.57. The van der Waals surface area contributed by atoms with Gasteiger partial charge in [0, 0.05) is 12.7 Å². The van der Waals surface area contributed by atoms with Gasteiger partial charge < -0.3 is 10.6 Å². The summed E-state index contributed by atoms with van der Waals surface area (Å²) in [7, 11) is 1.58. The first-order valence-corrected chi connectivity index (χ1v) is 5.55. The molecule has 1 amide bonds. The molecule has 0 heterocycles. The summed E-state index contributed by atoms with van der Waals surface area (Å²) in [6.07, 6.45) is 0. The van der Waals surface area contributed by atoms with Gasteiger partial charge in [-0.3, -0.25) is 4.79 Å². The van der Waals surface area contributed by atoms with E-state index in [9.17, 15) is 9.18 Å². The van der Waals surface area contributed by atoms with Crippen molar-refractivity contribution in [1.29, 1.82) is 0 Å². The highest BCUT2D eigenvalue weighted by Gasteiger charge is 2.13. The smallest absolute Gasteiger partial charge is 0.257 e. The summed E-state index contributed by atoms with van der Waals surface area (Å²) in [5.74, 6) is -0.789. The summed E-state index contributed by atoms with van der Waals surface area (Å²) < 4.78 is 13.5. The Morgan fingerprint density at radius 1 is 1.06 bits per heavy atom. The minimum absolute atomic E-state index is 0.200. The average Bonchev–Trinajstić information content (AvgIpc) is 2.39. The van der Waals surface area contributed by atoms with Crippen molar-refractivity contribution in [1.82, 2.24) is 0 Å². The van der Waals surface area contributed by atoms with E-state index in [0.717, 1.165) is 0 Å². The molecule has 0 spiro atoms. The van der Waals surface area contributed by atoms with Crippen LogP contribution in [0.2, 0.25) is 0 Å². The first kappa shape index (κ1) is 12.1. The van der Waals surface area contributed by atoms with E-state index in [-0.39, 0.29) is 17.2 Å². The highest BCUT2D eigenvalue weighted by molar-refractivity contribution is 6.08. The van der Waals surface area contributed by atoms with Crippen LogP contribution in [0.3, 0.4) is 0 Å². The molecule has 0 radical (unpaired) electrons. The summed E-state index contributed by atoms with van der Waals surface area (Å²) in [4.78, 5) is 12.0. The molecule has 0 aliphatic carbocycles. The first-order valence-electron chi connectivity index (χ1n) is 5.55. The van der Waals surface area contributed by atoms with Crippen molar-refractivity contribution in [2.24, 2.45) is 0 Å². The average molecular weight is 244 g/mol. The predicted octanol–water partition coefficient (Wildman–Crippen LogP) is 3.12. The number of para-hydroxylation sites is 2. The van der Waals surface area contributed by atoms with Crippen molar-refractivity contribution >= 4 is 17.3 Å². The number of amides is 1. The molecule has 18 heavy (non-hydrogen) atoms.